The lowest BCUT2D eigenvalue weighted by Gasteiger charge is -2.32. The Morgan fingerprint density at radius 1 is 1.03 bits per heavy atom. The van der Waals surface area contributed by atoms with E-state index in [0.717, 1.165) is 39.8 Å². The summed E-state index contributed by atoms with van der Waals surface area (Å²) in [7, 11) is 0. The van der Waals surface area contributed by atoms with Crippen molar-refractivity contribution in [3.05, 3.63) is 77.9 Å². The van der Waals surface area contributed by atoms with Gasteiger partial charge in [-0.25, -0.2) is 0 Å². The molecule has 154 valence electrons. The Kier molecular flexibility index (Phi) is 5.61. The molecule has 0 unspecified atom stereocenters. The summed E-state index contributed by atoms with van der Waals surface area (Å²) in [6.45, 7) is 4.90. The first-order valence-corrected chi connectivity index (χ1v) is 10.1. The zero-order valence-electron chi connectivity index (χ0n) is 17.2. The van der Waals surface area contributed by atoms with E-state index in [-0.39, 0.29) is 0 Å². The second kappa shape index (κ2) is 8.49. The van der Waals surface area contributed by atoms with Crippen molar-refractivity contribution >= 4 is 17.3 Å². The van der Waals surface area contributed by atoms with Crippen LogP contribution < -0.4 is 14.4 Å². The fraction of sp³-hybridized carbons (Fsp3) is 0.240. The smallest absolute Gasteiger partial charge is 0.306 e. The molecule has 0 saturated heterocycles. The summed E-state index contributed by atoms with van der Waals surface area (Å²) in [5.74, 6) is 1.31. The van der Waals surface area contributed by atoms with E-state index in [2.05, 4.69) is 17.0 Å². The number of carboxylic acid groups (broad SMARTS) is 1. The summed E-state index contributed by atoms with van der Waals surface area (Å²) < 4.78 is 12.1. The largest absolute Gasteiger partial charge is 0.491 e. The molecule has 1 aliphatic heterocycles. The van der Waals surface area contributed by atoms with Gasteiger partial charge < -0.3 is 19.5 Å². The molecule has 0 amide bonds. The van der Waals surface area contributed by atoms with Crippen molar-refractivity contribution in [2.24, 2.45) is 5.92 Å². The molecule has 0 spiro atoms. The number of anilines is 2. The van der Waals surface area contributed by atoms with Crippen molar-refractivity contribution in [2.75, 3.05) is 18.1 Å². The molecule has 1 aliphatic rings. The van der Waals surface area contributed by atoms with Crippen LogP contribution in [0.4, 0.5) is 11.4 Å². The minimum Gasteiger partial charge on any atom is -0.491 e. The number of carbonyl (C=O) groups is 1. The highest BCUT2D eigenvalue weighted by molar-refractivity contribution is 5.77. The van der Waals surface area contributed by atoms with Crippen molar-refractivity contribution in [3.63, 3.8) is 0 Å². The van der Waals surface area contributed by atoms with Crippen molar-refractivity contribution in [1.82, 2.24) is 0 Å². The van der Waals surface area contributed by atoms with Gasteiger partial charge in [-0.3, -0.25) is 4.79 Å². The first-order chi connectivity index (χ1) is 14.5. The van der Waals surface area contributed by atoms with Crippen LogP contribution in [-0.4, -0.2) is 24.2 Å². The Labute approximate surface area is 176 Å². The highest BCUT2D eigenvalue weighted by Crippen LogP contribution is 2.45. The van der Waals surface area contributed by atoms with E-state index in [0.29, 0.717) is 19.6 Å². The lowest BCUT2D eigenvalue weighted by Crippen LogP contribution is -2.26. The monoisotopic (exact) mass is 403 g/mol. The molecule has 3 aromatic carbocycles. The Morgan fingerprint density at radius 2 is 1.67 bits per heavy atom. The maximum Gasteiger partial charge on any atom is 0.306 e. The summed E-state index contributed by atoms with van der Waals surface area (Å²) in [5, 5.41) is 9.11. The fourth-order valence-electron chi connectivity index (χ4n) is 3.71. The number of ether oxygens (including phenoxy) is 2. The predicted octanol–water partition coefficient (Wildman–Crippen LogP) is 5.58. The number of hydrogen-bond acceptors (Lipinski definition) is 4. The van der Waals surface area contributed by atoms with Gasteiger partial charge in [0.15, 0.2) is 11.5 Å². The molecule has 0 bridgehead atoms. The maximum atomic E-state index is 11.1. The van der Waals surface area contributed by atoms with Gasteiger partial charge in [-0.1, -0.05) is 43.3 Å². The lowest BCUT2D eigenvalue weighted by atomic mass is 9.99. The highest BCUT2D eigenvalue weighted by Gasteiger charge is 2.23. The summed E-state index contributed by atoms with van der Waals surface area (Å²) in [5.41, 5.74) is 4.06. The molecule has 4 rings (SSSR count). The Morgan fingerprint density at radius 3 is 2.27 bits per heavy atom. The average Bonchev–Trinajstić information content (AvgIpc) is 2.74. The summed E-state index contributed by atoms with van der Waals surface area (Å²) in [4.78, 5) is 13.3. The normalized spacial score (nSPS) is 13.1. The molecule has 1 atom stereocenters. The quantitative estimate of drug-likeness (QED) is 0.558. The van der Waals surface area contributed by atoms with E-state index >= 15 is 0 Å². The van der Waals surface area contributed by atoms with E-state index in [9.17, 15) is 4.79 Å². The molecule has 1 N–H and O–H groups in total. The van der Waals surface area contributed by atoms with Crippen molar-refractivity contribution < 1.29 is 19.4 Å². The van der Waals surface area contributed by atoms with Gasteiger partial charge in [0.2, 0.25) is 0 Å². The molecule has 5 heteroatoms. The van der Waals surface area contributed by atoms with Crippen LogP contribution in [0.1, 0.15) is 18.1 Å². The molecule has 0 saturated carbocycles. The van der Waals surface area contributed by atoms with E-state index in [1.165, 1.54) is 0 Å². The van der Waals surface area contributed by atoms with Gasteiger partial charge in [-0.15, -0.1) is 0 Å². The first kappa shape index (κ1) is 19.8. The summed E-state index contributed by atoms with van der Waals surface area (Å²) in [6, 6.07) is 21.9. The van der Waals surface area contributed by atoms with Gasteiger partial charge in [0.05, 0.1) is 23.8 Å². The number of aryl methyl sites for hydroxylation is 1. The number of fused-ring (bicyclic) bond motifs is 2. The lowest BCUT2D eigenvalue weighted by molar-refractivity contribution is -0.141. The molecule has 0 aliphatic carbocycles. The first-order valence-electron chi connectivity index (χ1n) is 10.1. The SMILES string of the molecule is Cc1cc(C[C@H](C)C(=O)O)ccc1OCCN1c2ccccc2Oc2ccccc21. The standard InChI is InChI=1S/C25H25NO4/c1-17-15-19(16-18(2)25(27)28)11-12-22(17)29-14-13-26-20-7-3-5-9-23(20)30-24-10-6-4-8-21(24)26/h3-12,15,18H,13-14,16H2,1-2H3,(H,27,28)/t18-/m0/s1. The van der Waals surface area contributed by atoms with Crippen LogP contribution in [0.5, 0.6) is 17.2 Å². The minimum atomic E-state index is -0.779. The van der Waals surface area contributed by atoms with Crippen LogP contribution >= 0.6 is 0 Å². The molecule has 30 heavy (non-hydrogen) atoms. The third-order valence-electron chi connectivity index (χ3n) is 5.31. The fourth-order valence-corrected chi connectivity index (χ4v) is 3.71. The van der Waals surface area contributed by atoms with Gasteiger partial charge in [0, 0.05) is 0 Å². The van der Waals surface area contributed by atoms with Crippen molar-refractivity contribution in [2.45, 2.75) is 20.3 Å². The molecular formula is C25H25NO4. The second-order valence-electron chi connectivity index (χ2n) is 7.58. The van der Waals surface area contributed by atoms with Gasteiger partial charge in [0.25, 0.3) is 0 Å². The maximum absolute atomic E-state index is 11.1. The molecule has 3 aromatic rings. The number of nitrogens with zero attached hydrogens (tertiary/aromatic N) is 1. The van der Waals surface area contributed by atoms with Crippen molar-refractivity contribution in [3.8, 4) is 17.2 Å². The zero-order valence-corrected chi connectivity index (χ0v) is 17.2. The van der Waals surface area contributed by atoms with Crippen LogP contribution in [0.2, 0.25) is 0 Å². The Balaban J connectivity index is 1.46. The number of rotatable bonds is 7. The van der Waals surface area contributed by atoms with E-state index in [4.69, 9.17) is 14.6 Å². The number of benzene rings is 3. The number of para-hydroxylation sites is 4. The Hall–Kier alpha value is -3.47. The van der Waals surface area contributed by atoms with Crippen LogP contribution in [-0.2, 0) is 11.2 Å². The number of aliphatic carboxylic acids is 1. The topological polar surface area (TPSA) is 59.0 Å². The van der Waals surface area contributed by atoms with Crippen LogP contribution in [0.25, 0.3) is 0 Å². The van der Waals surface area contributed by atoms with E-state index in [1.54, 1.807) is 6.92 Å². The summed E-state index contributed by atoms with van der Waals surface area (Å²) >= 11 is 0. The zero-order chi connectivity index (χ0) is 21.1. The minimum absolute atomic E-state index is 0.405. The molecule has 0 fully saturated rings. The van der Waals surface area contributed by atoms with E-state index < -0.39 is 11.9 Å². The highest BCUT2D eigenvalue weighted by atomic mass is 16.5. The Bertz CT molecular complexity index is 1020. The van der Waals surface area contributed by atoms with Gasteiger partial charge in [0.1, 0.15) is 12.4 Å². The second-order valence-corrected chi connectivity index (χ2v) is 7.58. The van der Waals surface area contributed by atoms with Crippen LogP contribution in [0, 0.1) is 12.8 Å². The van der Waals surface area contributed by atoms with Gasteiger partial charge in [-0.2, -0.15) is 0 Å². The number of hydrogen-bond donors (Lipinski definition) is 1. The van der Waals surface area contributed by atoms with Gasteiger partial charge >= 0.3 is 5.97 Å². The molecule has 1 heterocycles. The molecule has 5 nitrogen and oxygen atoms in total. The molecule has 0 aromatic heterocycles. The molecular weight excluding hydrogens is 378 g/mol. The predicted molar refractivity (Wildman–Crippen MR) is 117 cm³/mol. The number of carboxylic acids is 1. The van der Waals surface area contributed by atoms with E-state index in [1.807, 2.05) is 61.5 Å². The van der Waals surface area contributed by atoms with Crippen molar-refractivity contribution in [1.29, 1.82) is 0 Å². The summed E-state index contributed by atoms with van der Waals surface area (Å²) in [6.07, 6.45) is 0.512. The third kappa shape index (κ3) is 4.10. The average molecular weight is 403 g/mol. The van der Waals surface area contributed by atoms with Gasteiger partial charge in [-0.05, 0) is 54.8 Å². The van der Waals surface area contributed by atoms with Crippen LogP contribution in [0.3, 0.4) is 0 Å². The third-order valence-corrected chi connectivity index (χ3v) is 5.31. The molecule has 0 radical (unpaired) electrons. The van der Waals surface area contributed by atoms with Crippen LogP contribution in [0.15, 0.2) is 66.7 Å².